The van der Waals surface area contributed by atoms with Crippen LogP contribution in [0.5, 0.6) is 0 Å². The third-order valence-electron chi connectivity index (χ3n) is 5.32. The Balaban J connectivity index is 1.81. The summed E-state index contributed by atoms with van der Waals surface area (Å²) in [5.74, 6) is -1.02. The fourth-order valence-corrected chi connectivity index (χ4v) is 4.35. The highest BCUT2D eigenvalue weighted by atomic mass is 32.1. The van der Waals surface area contributed by atoms with Gasteiger partial charge in [0.2, 0.25) is 5.91 Å². The number of carbonyl (C=O) groups is 2. The van der Waals surface area contributed by atoms with Crippen LogP contribution < -0.4 is 10.9 Å². The van der Waals surface area contributed by atoms with Crippen LogP contribution in [0, 0.1) is 13.8 Å². The Labute approximate surface area is 200 Å². The molecule has 4 aromatic rings. The second kappa shape index (κ2) is 9.84. The van der Waals surface area contributed by atoms with E-state index < -0.39 is 11.5 Å². The molecule has 2 aromatic carbocycles. The number of rotatable bonds is 6. The lowest BCUT2D eigenvalue weighted by Crippen LogP contribution is -2.25. The lowest BCUT2D eigenvalue weighted by atomic mass is 10.1. The van der Waals surface area contributed by atoms with Gasteiger partial charge in [0.25, 0.3) is 5.56 Å². The summed E-state index contributed by atoms with van der Waals surface area (Å²) in [4.78, 5) is 38.7. The summed E-state index contributed by atoms with van der Waals surface area (Å²) in [5, 5.41) is 9.64. The van der Waals surface area contributed by atoms with Crippen LogP contribution >= 0.6 is 11.3 Å². The minimum Gasteiger partial charge on any atom is -0.461 e. The number of ether oxygens (including phenoxy) is 1. The fourth-order valence-electron chi connectivity index (χ4n) is 3.41. The molecule has 0 radical (unpaired) electrons. The average Bonchev–Trinajstić information content (AvgIpc) is 3.24. The van der Waals surface area contributed by atoms with Gasteiger partial charge < -0.3 is 10.1 Å². The van der Waals surface area contributed by atoms with Gasteiger partial charge in [0, 0.05) is 16.8 Å². The first-order chi connectivity index (χ1) is 16.4. The number of nitrogens with one attached hydrogen (secondary N) is 1. The molecule has 0 aliphatic heterocycles. The predicted octanol–water partition coefficient (Wildman–Crippen LogP) is 4.89. The van der Waals surface area contributed by atoms with E-state index in [1.165, 1.54) is 10.8 Å². The molecule has 0 fully saturated rings. The number of benzene rings is 2. The summed E-state index contributed by atoms with van der Waals surface area (Å²) < 4.78 is 6.36. The topological polar surface area (TPSA) is 90.3 Å². The van der Waals surface area contributed by atoms with Gasteiger partial charge in [0.15, 0.2) is 5.69 Å². The summed E-state index contributed by atoms with van der Waals surface area (Å²) >= 11 is 1.16. The zero-order chi connectivity index (χ0) is 24.2. The Morgan fingerprint density at radius 1 is 1.12 bits per heavy atom. The molecule has 2 aromatic heterocycles. The summed E-state index contributed by atoms with van der Waals surface area (Å²) in [6, 6.07) is 14.9. The van der Waals surface area contributed by atoms with E-state index in [9.17, 15) is 14.4 Å². The molecule has 0 bridgehead atoms. The molecular weight excluding hydrogens is 450 g/mol. The van der Waals surface area contributed by atoms with Crippen LogP contribution in [0.15, 0.2) is 64.8 Å². The normalized spacial score (nSPS) is 11.1. The van der Waals surface area contributed by atoms with Gasteiger partial charge in [-0.3, -0.25) is 9.59 Å². The summed E-state index contributed by atoms with van der Waals surface area (Å²) in [7, 11) is 0. The number of nitrogens with zero attached hydrogens (tertiary/aromatic N) is 2. The smallest absolute Gasteiger partial charge is 0.359 e. The van der Waals surface area contributed by atoms with Gasteiger partial charge in [-0.15, -0.1) is 11.3 Å². The van der Waals surface area contributed by atoms with Gasteiger partial charge in [-0.25, -0.2) is 4.79 Å². The van der Waals surface area contributed by atoms with E-state index in [4.69, 9.17) is 4.74 Å². The Bertz CT molecular complexity index is 1470. The Kier molecular flexibility index (Phi) is 6.70. The van der Waals surface area contributed by atoms with Crippen LogP contribution in [-0.4, -0.2) is 28.3 Å². The number of aromatic nitrogens is 2. The zero-order valence-corrected chi connectivity index (χ0v) is 19.8. The maximum absolute atomic E-state index is 13.5. The first-order valence-electron chi connectivity index (χ1n) is 10.7. The number of fused-ring (bicyclic) bond motifs is 1. The van der Waals surface area contributed by atoms with E-state index in [1.807, 2.05) is 56.3 Å². The van der Waals surface area contributed by atoms with Crippen molar-refractivity contribution >= 4 is 45.1 Å². The van der Waals surface area contributed by atoms with Crippen LogP contribution in [0.3, 0.4) is 0 Å². The first kappa shape index (κ1) is 23.1. The third kappa shape index (κ3) is 4.67. The number of thiophene rings is 1. The molecule has 172 valence electrons. The maximum atomic E-state index is 13.5. The molecule has 7 nitrogen and oxygen atoms in total. The Morgan fingerprint density at radius 2 is 1.88 bits per heavy atom. The van der Waals surface area contributed by atoms with Gasteiger partial charge >= 0.3 is 5.97 Å². The van der Waals surface area contributed by atoms with Crippen LogP contribution in [-0.2, 0) is 9.53 Å². The van der Waals surface area contributed by atoms with Crippen molar-refractivity contribution in [3.05, 3.63) is 92.7 Å². The van der Waals surface area contributed by atoms with Crippen LogP contribution in [0.1, 0.15) is 34.1 Å². The molecule has 0 saturated carbocycles. The van der Waals surface area contributed by atoms with Gasteiger partial charge in [-0.1, -0.05) is 36.4 Å². The van der Waals surface area contributed by atoms with Crippen molar-refractivity contribution in [3.8, 4) is 5.69 Å². The van der Waals surface area contributed by atoms with E-state index in [1.54, 1.807) is 24.4 Å². The molecule has 2 heterocycles. The molecule has 34 heavy (non-hydrogen) atoms. The molecular formula is C26H23N3O4S. The quantitative estimate of drug-likeness (QED) is 0.318. The van der Waals surface area contributed by atoms with Crippen LogP contribution in [0.25, 0.3) is 22.5 Å². The van der Waals surface area contributed by atoms with Gasteiger partial charge in [-0.05, 0) is 55.7 Å². The van der Waals surface area contributed by atoms with Crippen molar-refractivity contribution in [2.45, 2.75) is 20.8 Å². The summed E-state index contributed by atoms with van der Waals surface area (Å²) in [6.07, 6.45) is 3.08. The average molecular weight is 474 g/mol. The molecule has 0 atom stereocenters. The van der Waals surface area contributed by atoms with E-state index in [0.717, 1.165) is 28.0 Å². The predicted molar refractivity (Wildman–Crippen MR) is 135 cm³/mol. The highest BCUT2D eigenvalue weighted by molar-refractivity contribution is 7.16. The van der Waals surface area contributed by atoms with E-state index in [2.05, 4.69) is 10.4 Å². The lowest BCUT2D eigenvalue weighted by Gasteiger charge is -2.11. The second-order valence-electron chi connectivity index (χ2n) is 7.64. The molecule has 0 spiro atoms. The summed E-state index contributed by atoms with van der Waals surface area (Å²) in [6.45, 7) is 5.78. The molecule has 0 unspecified atom stereocenters. The first-order valence-corrected chi connectivity index (χ1v) is 11.6. The van der Waals surface area contributed by atoms with Crippen LogP contribution in [0.2, 0.25) is 0 Å². The molecule has 0 saturated heterocycles. The number of hydrogen-bond acceptors (Lipinski definition) is 6. The number of carbonyl (C=O) groups excluding carboxylic acids is 2. The third-order valence-corrected chi connectivity index (χ3v) is 6.22. The number of aryl methyl sites for hydroxylation is 2. The van der Waals surface area contributed by atoms with E-state index >= 15 is 0 Å². The van der Waals surface area contributed by atoms with Crippen molar-refractivity contribution in [2.24, 2.45) is 0 Å². The monoisotopic (exact) mass is 473 g/mol. The second-order valence-corrected chi connectivity index (χ2v) is 8.52. The number of esters is 1. The molecule has 0 aliphatic carbocycles. The van der Waals surface area contributed by atoms with Gasteiger partial charge in [0.05, 0.1) is 17.7 Å². The van der Waals surface area contributed by atoms with Crippen molar-refractivity contribution < 1.29 is 14.3 Å². The number of anilines is 1. The fraction of sp³-hybridized carbons (Fsp3) is 0.154. The maximum Gasteiger partial charge on any atom is 0.359 e. The molecule has 1 N–H and O–H groups in total. The minimum absolute atomic E-state index is 0.0197. The van der Waals surface area contributed by atoms with Crippen molar-refractivity contribution in [1.82, 2.24) is 9.78 Å². The molecule has 0 aliphatic rings. The number of hydrogen-bond donors (Lipinski definition) is 1. The largest absolute Gasteiger partial charge is 0.461 e. The SMILES string of the molecule is CCOC(=O)c1nn(-c2ccc(C)c(C)c2)c(=O)c2c(NC(=O)/C=C/c3ccccc3)scc12. The molecule has 4 rings (SSSR count). The lowest BCUT2D eigenvalue weighted by molar-refractivity contribution is -0.111. The number of amides is 1. The van der Waals surface area contributed by atoms with Crippen molar-refractivity contribution in [1.29, 1.82) is 0 Å². The molecule has 8 heteroatoms. The highest BCUT2D eigenvalue weighted by Gasteiger charge is 2.23. The van der Waals surface area contributed by atoms with Crippen molar-refractivity contribution in [3.63, 3.8) is 0 Å². The van der Waals surface area contributed by atoms with Crippen molar-refractivity contribution in [2.75, 3.05) is 11.9 Å². The Morgan fingerprint density at radius 3 is 2.59 bits per heavy atom. The standard InChI is InChI=1S/C26H23N3O4S/c1-4-33-26(32)23-20-15-34-24(27-21(30)13-11-18-8-6-5-7-9-18)22(20)25(31)29(28-23)19-12-10-16(2)17(3)14-19/h5-15H,4H2,1-3H3,(H,27,30)/b13-11+. The van der Waals surface area contributed by atoms with E-state index in [0.29, 0.717) is 16.1 Å². The van der Waals surface area contributed by atoms with Gasteiger partial charge in [-0.2, -0.15) is 9.78 Å². The van der Waals surface area contributed by atoms with Gasteiger partial charge in [0.1, 0.15) is 5.00 Å². The highest BCUT2D eigenvalue weighted by Crippen LogP contribution is 2.31. The minimum atomic E-state index is -0.635. The zero-order valence-electron chi connectivity index (χ0n) is 19.0. The summed E-state index contributed by atoms with van der Waals surface area (Å²) in [5.41, 5.74) is 3.03. The van der Waals surface area contributed by atoms with Crippen LogP contribution in [0.4, 0.5) is 5.00 Å². The van der Waals surface area contributed by atoms with E-state index in [-0.39, 0.29) is 23.6 Å². The Hall–Kier alpha value is -4.04. The molecule has 1 amide bonds.